The summed E-state index contributed by atoms with van der Waals surface area (Å²) in [6, 6.07) is 3.92. The number of hydrazine groups is 1. The van der Waals surface area contributed by atoms with Crippen molar-refractivity contribution in [2.24, 2.45) is 0 Å². The van der Waals surface area contributed by atoms with Gasteiger partial charge in [-0.3, -0.25) is 15.0 Å². The fourth-order valence-corrected chi connectivity index (χ4v) is 3.09. The van der Waals surface area contributed by atoms with Crippen molar-refractivity contribution in [3.05, 3.63) is 57.3 Å². The van der Waals surface area contributed by atoms with E-state index in [4.69, 9.17) is 5.11 Å². The SMILES string of the molecule is O=C1NN(c2cccc(C(F)(F)F)c2)C(=O)/C1=C\c1cscc1C(=O)O. The number of halogens is 3. The standard InChI is InChI=1S/C16H9F3N2O4S/c17-16(18,19)9-2-1-3-10(5-9)21-14(23)11(13(22)20-21)4-8-6-26-7-12(8)15(24)25/h1-7H,(H,20,22)(H,24,25)/b11-4-. The van der Waals surface area contributed by atoms with Crippen LogP contribution in [0.3, 0.4) is 0 Å². The molecule has 2 heterocycles. The van der Waals surface area contributed by atoms with E-state index in [0.717, 1.165) is 35.6 Å². The minimum Gasteiger partial charge on any atom is -0.478 e. The van der Waals surface area contributed by atoms with Crippen LogP contribution in [0.4, 0.5) is 18.9 Å². The van der Waals surface area contributed by atoms with E-state index in [-0.39, 0.29) is 22.4 Å². The Morgan fingerprint density at radius 3 is 2.62 bits per heavy atom. The van der Waals surface area contributed by atoms with Crippen LogP contribution in [0.25, 0.3) is 6.08 Å². The average Bonchev–Trinajstić information content (AvgIpc) is 3.14. The molecule has 26 heavy (non-hydrogen) atoms. The second-order valence-electron chi connectivity index (χ2n) is 5.23. The molecule has 1 aromatic heterocycles. The number of nitrogens with one attached hydrogen (secondary N) is 1. The average molecular weight is 382 g/mol. The zero-order valence-electron chi connectivity index (χ0n) is 12.7. The van der Waals surface area contributed by atoms with Gasteiger partial charge in [0.15, 0.2) is 0 Å². The number of carbonyl (C=O) groups is 3. The molecule has 0 spiro atoms. The maximum absolute atomic E-state index is 12.8. The molecule has 6 nitrogen and oxygen atoms in total. The van der Waals surface area contributed by atoms with E-state index >= 15 is 0 Å². The van der Waals surface area contributed by atoms with Crippen LogP contribution >= 0.6 is 11.3 Å². The number of carboxylic acids is 1. The molecule has 0 unspecified atom stereocenters. The summed E-state index contributed by atoms with van der Waals surface area (Å²) in [5.41, 5.74) is 0.746. The molecule has 0 bridgehead atoms. The summed E-state index contributed by atoms with van der Waals surface area (Å²) in [7, 11) is 0. The lowest BCUT2D eigenvalue weighted by atomic mass is 10.1. The Balaban J connectivity index is 1.96. The number of nitrogens with zero attached hydrogens (tertiary/aromatic N) is 1. The van der Waals surface area contributed by atoms with Crippen LogP contribution in [0.2, 0.25) is 0 Å². The van der Waals surface area contributed by atoms with Crippen molar-refractivity contribution in [3.8, 4) is 0 Å². The summed E-state index contributed by atoms with van der Waals surface area (Å²) < 4.78 is 38.5. The highest BCUT2D eigenvalue weighted by Gasteiger charge is 2.36. The molecule has 2 aromatic rings. The summed E-state index contributed by atoms with van der Waals surface area (Å²) in [5, 5.41) is 12.6. The molecule has 0 atom stereocenters. The lowest BCUT2D eigenvalue weighted by molar-refractivity contribution is -0.137. The van der Waals surface area contributed by atoms with Gasteiger partial charge in [0.1, 0.15) is 5.57 Å². The Morgan fingerprint density at radius 1 is 1.23 bits per heavy atom. The molecule has 0 aliphatic carbocycles. The van der Waals surface area contributed by atoms with Gasteiger partial charge in [-0.1, -0.05) is 6.07 Å². The number of amides is 2. The van der Waals surface area contributed by atoms with E-state index in [1.165, 1.54) is 16.8 Å². The topological polar surface area (TPSA) is 86.7 Å². The van der Waals surface area contributed by atoms with E-state index in [1.54, 1.807) is 0 Å². The monoisotopic (exact) mass is 382 g/mol. The molecule has 2 amide bonds. The Morgan fingerprint density at radius 2 is 1.96 bits per heavy atom. The van der Waals surface area contributed by atoms with E-state index < -0.39 is 29.5 Å². The molecular formula is C16H9F3N2O4S. The number of carbonyl (C=O) groups excluding carboxylic acids is 2. The van der Waals surface area contributed by atoms with Crippen molar-refractivity contribution < 1.29 is 32.7 Å². The predicted molar refractivity (Wildman–Crippen MR) is 86.3 cm³/mol. The smallest absolute Gasteiger partial charge is 0.416 e. The molecule has 1 saturated heterocycles. The van der Waals surface area contributed by atoms with Crippen LogP contribution in [0, 0.1) is 0 Å². The predicted octanol–water partition coefficient (Wildman–Crippen LogP) is 2.93. The first-order valence-corrected chi connectivity index (χ1v) is 7.96. The molecule has 0 radical (unpaired) electrons. The second kappa shape index (κ2) is 6.30. The van der Waals surface area contributed by atoms with Crippen LogP contribution in [0.15, 0.2) is 40.6 Å². The first-order chi connectivity index (χ1) is 12.2. The van der Waals surface area contributed by atoms with Gasteiger partial charge in [-0.15, -0.1) is 0 Å². The molecule has 1 aromatic carbocycles. The van der Waals surface area contributed by atoms with Gasteiger partial charge < -0.3 is 5.11 Å². The van der Waals surface area contributed by atoms with Crippen molar-refractivity contribution in [1.82, 2.24) is 5.43 Å². The fraction of sp³-hybridized carbons (Fsp3) is 0.0625. The number of hydrogen-bond donors (Lipinski definition) is 2. The quantitative estimate of drug-likeness (QED) is 0.631. The van der Waals surface area contributed by atoms with Gasteiger partial charge in [0, 0.05) is 10.9 Å². The molecule has 10 heteroatoms. The molecule has 2 N–H and O–H groups in total. The maximum Gasteiger partial charge on any atom is 0.416 e. The fourth-order valence-electron chi connectivity index (χ4n) is 2.31. The van der Waals surface area contributed by atoms with Crippen LogP contribution in [0.5, 0.6) is 0 Å². The number of carboxylic acid groups (broad SMARTS) is 1. The number of hydrogen-bond acceptors (Lipinski definition) is 4. The molecule has 0 saturated carbocycles. The minimum atomic E-state index is -4.60. The molecule has 134 valence electrons. The van der Waals surface area contributed by atoms with Gasteiger partial charge in [-0.05, 0) is 29.7 Å². The summed E-state index contributed by atoms with van der Waals surface area (Å²) in [4.78, 5) is 35.6. The van der Waals surface area contributed by atoms with Crippen molar-refractivity contribution in [3.63, 3.8) is 0 Å². The molecule has 1 fully saturated rings. The first-order valence-electron chi connectivity index (χ1n) is 7.02. The summed E-state index contributed by atoms with van der Waals surface area (Å²) in [5.74, 6) is -2.94. The highest BCUT2D eigenvalue weighted by Crippen LogP contribution is 2.32. The number of benzene rings is 1. The maximum atomic E-state index is 12.8. The van der Waals surface area contributed by atoms with Gasteiger partial charge in [-0.25, -0.2) is 9.80 Å². The van der Waals surface area contributed by atoms with Gasteiger partial charge in [-0.2, -0.15) is 24.5 Å². The number of anilines is 1. The Kier molecular flexibility index (Phi) is 4.28. The van der Waals surface area contributed by atoms with E-state index in [9.17, 15) is 27.6 Å². The lowest BCUT2D eigenvalue weighted by Crippen LogP contribution is -2.35. The van der Waals surface area contributed by atoms with E-state index in [1.807, 2.05) is 0 Å². The van der Waals surface area contributed by atoms with Crippen molar-refractivity contribution in [2.45, 2.75) is 6.18 Å². The number of rotatable bonds is 3. The van der Waals surface area contributed by atoms with E-state index in [2.05, 4.69) is 5.43 Å². The van der Waals surface area contributed by atoms with Crippen LogP contribution in [0.1, 0.15) is 21.5 Å². The van der Waals surface area contributed by atoms with Gasteiger partial charge in [0.25, 0.3) is 11.8 Å². The number of aromatic carboxylic acids is 1. The molecular weight excluding hydrogens is 373 g/mol. The second-order valence-corrected chi connectivity index (χ2v) is 5.98. The van der Waals surface area contributed by atoms with Gasteiger partial charge in [0.05, 0.1) is 16.8 Å². The van der Waals surface area contributed by atoms with Crippen molar-refractivity contribution in [1.29, 1.82) is 0 Å². The zero-order chi connectivity index (χ0) is 19.1. The first kappa shape index (κ1) is 17.7. The van der Waals surface area contributed by atoms with Crippen molar-refractivity contribution >= 4 is 40.9 Å². The van der Waals surface area contributed by atoms with E-state index in [0.29, 0.717) is 5.01 Å². The Bertz CT molecular complexity index is 949. The third-order valence-electron chi connectivity index (χ3n) is 3.55. The molecule has 3 rings (SSSR count). The molecule has 1 aliphatic rings. The Labute approximate surface area is 148 Å². The highest BCUT2D eigenvalue weighted by atomic mass is 32.1. The third-order valence-corrected chi connectivity index (χ3v) is 4.31. The summed E-state index contributed by atoms with van der Waals surface area (Å²) in [6.45, 7) is 0. The highest BCUT2D eigenvalue weighted by molar-refractivity contribution is 7.08. The van der Waals surface area contributed by atoms with Crippen molar-refractivity contribution in [2.75, 3.05) is 5.01 Å². The van der Waals surface area contributed by atoms with Crippen LogP contribution in [-0.2, 0) is 15.8 Å². The van der Waals surface area contributed by atoms with Gasteiger partial charge >= 0.3 is 12.1 Å². The van der Waals surface area contributed by atoms with Crippen LogP contribution in [-0.4, -0.2) is 22.9 Å². The lowest BCUT2D eigenvalue weighted by Gasteiger charge is -2.16. The normalized spacial score (nSPS) is 16.3. The number of alkyl halides is 3. The van der Waals surface area contributed by atoms with Gasteiger partial charge in [0.2, 0.25) is 0 Å². The third kappa shape index (κ3) is 3.18. The molecule has 1 aliphatic heterocycles. The number of thiophene rings is 1. The largest absolute Gasteiger partial charge is 0.478 e. The van der Waals surface area contributed by atoms with Crippen LogP contribution < -0.4 is 10.4 Å². The Hall–Kier alpha value is -3.14. The minimum absolute atomic E-state index is 0.0828. The summed E-state index contributed by atoms with van der Waals surface area (Å²) in [6.07, 6.45) is -3.50. The zero-order valence-corrected chi connectivity index (χ0v) is 13.5. The summed E-state index contributed by atoms with van der Waals surface area (Å²) >= 11 is 1.08.